The number of hydrogen-bond donors (Lipinski definition) is 1. The number of anilines is 1. The quantitative estimate of drug-likeness (QED) is 0.872. The number of nitrogens with two attached hydrogens (primary N) is 1. The summed E-state index contributed by atoms with van der Waals surface area (Å²) in [5.41, 5.74) is 8.13. The molecular weight excluding hydrogens is 224 g/mol. The van der Waals surface area contributed by atoms with Crippen molar-refractivity contribution in [1.82, 2.24) is 9.97 Å². The minimum absolute atomic E-state index is 0.445. The number of rotatable bonds is 2. The van der Waals surface area contributed by atoms with E-state index in [0.717, 1.165) is 30.3 Å². The highest BCUT2D eigenvalue weighted by atomic mass is 15.2. The second kappa shape index (κ2) is 5.22. The Hall–Kier alpha value is -1.16. The zero-order valence-corrected chi connectivity index (χ0v) is 11.7. The summed E-state index contributed by atoms with van der Waals surface area (Å²) in [7, 11) is 0. The minimum atomic E-state index is 0.445. The maximum absolute atomic E-state index is 5.65. The second-order valence-corrected chi connectivity index (χ2v) is 5.99. The summed E-state index contributed by atoms with van der Waals surface area (Å²) in [6.45, 7) is 9.33. The summed E-state index contributed by atoms with van der Waals surface area (Å²) in [6.07, 6.45) is 5.57. The van der Waals surface area contributed by atoms with Crippen molar-refractivity contribution < 1.29 is 0 Å². The normalized spacial score (nSPS) is 19.7. The molecule has 0 bridgehead atoms. The van der Waals surface area contributed by atoms with Crippen molar-refractivity contribution in [3.05, 3.63) is 17.5 Å². The van der Waals surface area contributed by atoms with Gasteiger partial charge in [-0.3, -0.25) is 0 Å². The number of aromatic nitrogens is 2. The summed E-state index contributed by atoms with van der Waals surface area (Å²) < 4.78 is 0. The molecule has 1 aromatic heterocycles. The lowest BCUT2D eigenvalue weighted by molar-refractivity contribution is 0.325. The van der Waals surface area contributed by atoms with Crippen LogP contribution in [0.2, 0.25) is 0 Å². The molecule has 2 heterocycles. The standard InChI is InChI=1S/C14H24N4/c1-11-12(9-15)10-16-13(17-11)18-7-4-5-14(2,3)6-8-18/h10H,4-9,15H2,1-3H3. The van der Waals surface area contributed by atoms with Gasteiger partial charge in [-0.2, -0.15) is 0 Å². The number of aryl methyl sites for hydroxylation is 1. The van der Waals surface area contributed by atoms with Crippen molar-refractivity contribution in [2.75, 3.05) is 18.0 Å². The summed E-state index contributed by atoms with van der Waals surface area (Å²) >= 11 is 0. The summed E-state index contributed by atoms with van der Waals surface area (Å²) in [6, 6.07) is 0. The van der Waals surface area contributed by atoms with Crippen LogP contribution in [0, 0.1) is 12.3 Å². The van der Waals surface area contributed by atoms with Crippen LogP contribution in [0.5, 0.6) is 0 Å². The predicted molar refractivity (Wildman–Crippen MR) is 74.5 cm³/mol. The van der Waals surface area contributed by atoms with E-state index in [1.807, 2.05) is 13.1 Å². The van der Waals surface area contributed by atoms with Gasteiger partial charge in [0, 0.05) is 37.1 Å². The smallest absolute Gasteiger partial charge is 0.225 e. The van der Waals surface area contributed by atoms with Gasteiger partial charge in [0.15, 0.2) is 0 Å². The van der Waals surface area contributed by atoms with E-state index in [0.29, 0.717) is 12.0 Å². The summed E-state index contributed by atoms with van der Waals surface area (Å²) in [4.78, 5) is 11.4. The molecule has 1 fully saturated rings. The van der Waals surface area contributed by atoms with Crippen LogP contribution < -0.4 is 10.6 Å². The molecule has 18 heavy (non-hydrogen) atoms. The van der Waals surface area contributed by atoms with Crippen LogP contribution in [0.15, 0.2) is 6.20 Å². The first-order valence-corrected chi connectivity index (χ1v) is 6.79. The van der Waals surface area contributed by atoms with Crippen LogP contribution in [0.25, 0.3) is 0 Å². The average Bonchev–Trinajstić information content (AvgIpc) is 2.50. The molecule has 0 spiro atoms. The van der Waals surface area contributed by atoms with Crippen molar-refractivity contribution >= 4 is 5.95 Å². The average molecular weight is 248 g/mol. The Kier molecular flexibility index (Phi) is 3.85. The van der Waals surface area contributed by atoms with E-state index in [1.165, 1.54) is 19.3 Å². The second-order valence-electron chi connectivity index (χ2n) is 5.99. The number of hydrogen-bond acceptors (Lipinski definition) is 4. The molecule has 1 aliphatic rings. The van der Waals surface area contributed by atoms with Crippen molar-refractivity contribution in [2.24, 2.45) is 11.1 Å². The third-order valence-corrected chi connectivity index (χ3v) is 3.91. The molecule has 1 saturated heterocycles. The lowest BCUT2D eigenvalue weighted by Gasteiger charge is -2.23. The van der Waals surface area contributed by atoms with Gasteiger partial charge < -0.3 is 10.6 Å². The molecule has 0 saturated carbocycles. The molecule has 4 nitrogen and oxygen atoms in total. The molecular formula is C14H24N4. The molecule has 1 aliphatic heterocycles. The molecule has 2 rings (SSSR count). The van der Waals surface area contributed by atoms with E-state index >= 15 is 0 Å². The molecule has 0 aliphatic carbocycles. The monoisotopic (exact) mass is 248 g/mol. The molecule has 0 radical (unpaired) electrons. The number of nitrogens with zero attached hydrogens (tertiary/aromatic N) is 3. The van der Waals surface area contributed by atoms with Gasteiger partial charge in [-0.15, -0.1) is 0 Å². The topological polar surface area (TPSA) is 55.0 Å². The van der Waals surface area contributed by atoms with E-state index in [2.05, 4.69) is 28.7 Å². The molecule has 0 amide bonds. The van der Waals surface area contributed by atoms with Crippen molar-refractivity contribution in [1.29, 1.82) is 0 Å². The zero-order chi connectivity index (χ0) is 13.2. The fourth-order valence-corrected chi connectivity index (χ4v) is 2.46. The molecule has 0 atom stereocenters. The van der Waals surface area contributed by atoms with Gasteiger partial charge >= 0.3 is 0 Å². The third-order valence-electron chi connectivity index (χ3n) is 3.91. The Bertz CT molecular complexity index is 414. The molecule has 2 N–H and O–H groups in total. The van der Waals surface area contributed by atoms with E-state index in [1.54, 1.807) is 0 Å². The van der Waals surface area contributed by atoms with E-state index < -0.39 is 0 Å². The molecule has 100 valence electrons. The Morgan fingerprint density at radius 2 is 2.11 bits per heavy atom. The first kappa shape index (κ1) is 13.3. The zero-order valence-electron chi connectivity index (χ0n) is 11.7. The summed E-state index contributed by atoms with van der Waals surface area (Å²) in [5, 5.41) is 0. The minimum Gasteiger partial charge on any atom is -0.341 e. The Balaban J connectivity index is 2.14. The van der Waals surface area contributed by atoms with Gasteiger partial charge in [0.1, 0.15) is 0 Å². The maximum Gasteiger partial charge on any atom is 0.225 e. The first-order chi connectivity index (χ1) is 8.52. The molecule has 0 unspecified atom stereocenters. The van der Waals surface area contributed by atoms with E-state index in [-0.39, 0.29) is 0 Å². The van der Waals surface area contributed by atoms with Gasteiger partial charge in [0.25, 0.3) is 0 Å². The predicted octanol–water partition coefficient (Wildman–Crippen LogP) is 2.26. The van der Waals surface area contributed by atoms with Crippen LogP contribution in [-0.2, 0) is 6.54 Å². The lowest BCUT2D eigenvalue weighted by atomic mass is 9.85. The fourth-order valence-electron chi connectivity index (χ4n) is 2.46. The highest BCUT2D eigenvalue weighted by Gasteiger charge is 2.24. The SMILES string of the molecule is Cc1nc(N2CCCC(C)(C)CC2)ncc1CN. The Labute approximate surface area is 110 Å². The van der Waals surface area contributed by atoms with Gasteiger partial charge in [0.2, 0.25) is 5.95 Å². The molecule has 0 aromatic carbocycles. The Morgan fingerprint density at radius 3 is 2.78 bits per heavy atom. The van der Waals surface area contributed by atoms with Crippen LogP contribution in [0.1, 0.15) is 44.4 Å². The van der Waals surface area contributed by atoms with Crippen molar-refractivity contribution in [3.8, 4) is 0 Å². The van der Waals surface area contributed by atoms with Gasteiger partial charge in [-0.05, 0) is 31.6 Å². The van der Waals surface area contributed by atoms with Crippen molar-refractivity contribution in [2.45, 2.75) is 46.6 Å². The van der Waals surface area contributed by atoms with Crippen LogP contribution in [0.4, 0.5) is 5.95 Å². The van der Waals surface area contributed by atoms with Crippen LogP contribution in [0.3, 0.4) is 0 Å². The highest BCUT2D eigenvalue weighted by Crippen LogP contribution is 2.30. The summed E-state index contributed by atoms with van der Waals surface area (Å²) in [5.74, 6) is 0.863. The van der Waals surface area contributed by atoms with Gasteiger partial charge in [-0.1, -0.05) is 13.8 Å². The third kappa shape index (κ3) is 2.99. The van der Waals surface area contributed by atoms with Crippen molar-refractivity contribution in [3.63, 3.8) is 0 Å². The van der Waals surface area contributed by atoms with E-state index in [4.69, 9.17) is 5.73 Å². The lowest BCUT2D eigenvalue weighted by Crippen LogP contribution is -2.27. The molecule has 4 heteroatoms. The highest BCUT2D eigenvalue weighted by molar-refractivity contribution is 5.33. The maximum atomic E-state index is 5.65. The first-order valence-electron chi connectivity index (χ1n) is 6.79. The largest absolute Gasteiger partial charge is 0.341 e. The molecule has 1 aromatic rings. The van der Waals surface area contributed by atoms with Gasteiger partial charge in [0.05, 0.1) is 0 Å². The van der Waals surface area contributed by atoms with E-state index in [9.17, 15) is 0 Å². The van der Waals surface area contributed by atoms with Gasteiger partial charge in [-0.25, -0.2) is 9.97 Å². The van der Waals surface area contributed by atoms with Crippen LogP contribution >= 0.6 is 0 Å². The van der Waals surface area contributed by atoms with Crippen LogP contribution in [-0.4, -0.2) is 23.1 Å². The Morgan fingerprint density at radius 1 is 1.33 bits per heavy atom. The fraction of sp³-hybridized carbons (Fsp3) is 0.714.